The lowest BCUT2D eigenvalue weighted by molar-refractivity contribution is -0.000463. The van der Waals surface area contributed by atoms with Gasteiger partial charge in [-0.1, -0.05) is 6.07 Å². The van der Waals surface area contributed by atoms with Gasteiger partial charge in [0.2, 0.25) is 5.88 Å². The number of methoxy groups -OCH3 is 1. The number of hydrogen-bond acceptors (Lipinski definition) is 6. The molecule has 2 atom stereocenters. The highest BCUT2D eigenvalue weighted by atomic mass is 16.6. The maximum Gasteiger partial charge on any atom is 0.217 e. The van der Waals surface area contributed by atoms with Crippen LogP contribution in [0.15, 0.2) is 42.9 Å². The Balaban J connectivity index is 1.30. The quantitative estimate of drug-likeness (QED) is 0.793. The second-order valence-corrected chi connectivity index (χ2v) is 7.12. The molecule has 1 spiro atoms. The molecule has 4 rings (SSSR count). The fraction of sp³-hybridized carbons (Fsp3) is 0.500. The molecule has 0 saturated carbocycles. The molecular weight excluding hydrogens is 330 g/mol. The van der Waals surface area contributed by atoms with E-state index in [4.69, 9.17) is 14.2 Å². The first kappa shape index (κ1) is 17.4. The average Bonchev–Trinajstić information content (AvgIpc) is 3.27. The second kappa shape index (κ2) is 7.70. The summed E-state index contributed by atoms with van der Waals surface area (Å²) >= 11 is 0. The molecule has 0 aromatic carbocycles. The summed E-state index contributed by atoms with van der Waals surface area (Å²) in [6.45, 7) is 4.08. The third-order valence-electron chi connectivity index (χ3n) is 5.24. The van der Waals surface area contributed by atoms with E-state index >= 15 is 0 Å². The number of aromatic nitrogens is 2. The predicted octanol–water partition coefficient (Wildman–Crippen LogP) is 2.44. The van der Waals surface area contributed by atoms with Crippen LogP contribution in [0.2, 0.25) is 0 Å². The third kappa shape index (κ3) is 3.87. The summed E-state index contributed by atoms with van der Waals surface area (Å²) in [5, 5.41) is 0. The molecule has 2 aromatic rings. The van der Waals surface area contributed by atoms with Gasteiger partial charge < -0.3 is 14.2 Å². The maximum absolute atomic E-state index is 6.20. The van der Waals surface area contributed by atoms with Crippen LogP contribution in [0, 0.1) is 0 Å². The molecule has 2 fully saturated rings. The number of ether oxygens (including phenoxy) is 3. The fourth-order valence-electron chi connectivity index (χ4n) is 3.92. The summed E-state index contributed by atoms with van der Waals surface area (Å²) in [6, 6.07) is 8.01. The molecule has 0 amide bonds. The van der Waals surface area contributed by atoms with E-state index in [2.05, 4.69) is 20.9 Å². The summed E-state index contributed by atoms with van der Waals surface area (Å²) in [4.78, 5) is 10.7. The van der Waals surface area contributed by atoms with Crippen molar-refractivity contribution in [1.82, 2.24) is 14.9 Å². The summed E-state index contributed by atoms with van der Waals surface area (Å²) in [5.74, 6) is 0.708. The van der Waals surface area contributed by atoms with Gasteiger partial charge in [0, 0.05) is 50.2 Å². The summed E-state index contributed by atoms with van der Waals surface area (Å²) < 4.78 is 17.6. The largest absolute Gasteiger partial charge is 0.481 e. The Morgan fingerprint density at radius 1 is 1.27 bits per heavy atom. The van der Waals surface area contributed by atoms with E-state index in [1.54, 1.807) is 25.7 Å². The summed E-state index contributed by atoms with van der Waals surface area (Å²) in [5.41, 5.74) is 2.20. The van der Waals surface area contributed by atoms with Crippen molar-refractivity contribution in [2.75, 3.05) is 26.8 Å². The molecular formula is C20H25N3O3. The Morgan fingerprint density at radius 2 is 2.15 bits per heavy atom. The molecule has 0 bridgehead atoms. The predicted molar refractivity (Wildman–Crippen MR) is 96.8 cm³/mol. The SMILES string of the molecule is COc1ncccc1CN1CC[C@]2(C[C@@H](OCc3ccncc3)CO2)C1. The van der Waals surface area contributed by atoms with Crippen LogP contribution in [0.25, 0.3) is 0 Å². The fourth-order valence-corrected chi connectivity index (χ4v) is 3.92. The zero-order chi connectivity index (χ0) is 17.8. The van der Waals surface area contributed by atoms with E-state index in [0.29, 0.717) is 19.1 Å². The molecule has 2 saturated heterocycles. The number of pyridine rings is 2. The monoisotopic (exact) mass is 355 g/mol. The number of likely N-dealkylation sites (tertiary alicyclic amines) is 1. The Bertz CT molecular complexity index is 727. The van der Waals surface area contributed by atoms with Gasteiger partial charge in [-0.25, -0.2) is 4.98 Å². The number of nitrogens with zero attached hydrogens (tertiary/aromatic N) is 3. The lowest BCUT2D eigenvalue weighted by atomic mass is 9.98. The van der Waals surface area contributed by atoms with Gasteiger partial charge in [0.05, 0.1) is 32.0 Å². The highest BCUT2D eigenvalue weighted by Crippen LogP contribution is 2.37. The summed E-state index contributed by atoms with van der Waals surface area (Å²) in [6.07, 6.45) is 7.53. The minimum absolute atomic E-state index is 0.0711. The van der Waals surface area contributed by atoms with Gasteiger partial charge in [-0.3, -0.25) is 9.88 Å². The highest BCUT2D eigenvalue weighted by Gasteiger charge is 2.45. The topological polar surface area (TPSA) is 56.7 Å². The van der Waals surface area contributed by atoms with Crippen molar-refractivity contribution >= 4 is 0 Å². The molecule has 138 valence electrons. The molecule has 6 heteroatoms. The van der Waals surface area contributed by atoms with Crippen molar-refractivity contribution in [3.05, 3.63) is 54.0 Å². The molecule has 4 heterocycles. The Kier molecular flexibility index (Phi) is 5.15. The minimum atomic E-state index is -0.0711. The molecule has 0 radical (unpaired) electrons. The van der Waals surface area contributed by atoms with Gasteiger partial charge in [0.25, 0.3) is 0 Å². The lowest BCUT2D eigenvalue weighted by Crippen LogP contribution is -2.33. The van der Waals surface area contributed by atoms with Gasteiger partial charge in [0.1, 0.15) is 0 Å². The zero-order valence-corrected chi connectivity index (χ0v) is 15.1. The normalized spacial score (nSPS) is 25.8. The van der Waals surface area contributed by atoms with Crippen LogP contribution in [0.3, 0.4) is 0 Å². The molecule has 2 aliphatic heterocycles. The van der Waals surface area contributed by atoms with Crippen LogP contribution in [0.4, 0.5) is 0 Å². The number of rotatable bonds is 6. The van der Waals surface area contributed by atoms with Crippen molar-refractivity contribution in [2.45, 2.75) is 37.7 Å². The first-order valence-corrected chi connectivity index (χ1v) is 9.11. The maximum atomic E-state index is 6.20. The van der Waals surface area contributed by atoms with Crippen LogP contribution in [0.5, 0.6) is 5.88 Å². The van der Waals surface area contributed by atoms with Crippen LogP contribution >= 0.6 is 0 Å². The van der Waals surface area contributed by atoms with Crippen molar-refractivity contribution in [3.63, 3.8) is 0 Å². The van der Waals surface area contributed by atoms with Crippen LogP contribution in [0.1, 0.15) is 24.0 Å². The molecule has 0 unspecified atom stereocenters. The van der Waals surface area contributed by atoms with Crippen molar-refractivity contribution in [2.24, 2.45) is 0 Å². The average molecular weight is 355 g/mol. The number of hydrogen-bond donors (Lipinski definition) is 0. The Hall–Kier alpha value is -2.02. The first-order chi connectivity index (χ1) is 12.8. The molecule has 6 nitrogen and oxygen atoms in total. The first-order valence-electron chi connectivity index (χ1n) is 9.11. The van der Waals surface area contributed by atoms with Gasteiger partial charge in [-0.2, -0.15) is 0 Å². The highest BCUT2D eigenvalue weighted by molar-refractivity contribution is 5.25. The molecule has 2 aromatic heterocycles. The van der Waals surface area contributed by atoms with Crippen molar-refractivity contribution in [3.8, 4) is 5.88 Å². The van der Waals surface area contributed by atoms with Gasteiger partial charge in [0.15, 0.2) is 0 Å². The second-order valence-electron chi connectivity index (χ2n) is 7.12. The lowest BCUT2D eigenvalue weighted by Gasteiger charge is -2.23. The van der Waals surface area contributed by atoms with Gasteiger partial charge in [-0.05, 0) is 30.2 Å². The smallest absolute Gasteiger partial charge is 0.217 e. The third-order valence-corrected chi connectivity index (χ3v) is 5.24. The Morgan fingerprint density at radius 3 is 3.00 bits per heavy atom. The van der Waals surface area contributed by atoms with Crippen LogP contribution in [-0.2, 0) is 22.6 Å². The van der Waals surface area contributed by atoms with Gasteiger partial charge in [-0.15, -0.1) is 0 Å². The summed E-state index contributed by atoms with van der Waals surface area (Å²) in [7, 11) is 1.67. The van der Waals surface area contributed by atoms with Crippen LogP contribution in [-0.4, -0.2) is 53.4 Å². The van der Waals surface area contributed by atoms with E-state index in [-0.39, 0.29) is 11.7 Å². The zero-order valence-electron chi connectivity index (χ0n) is 15.1. The van der Waals surface area contributed by atoms with Gasteiger partial charge >= 0.3 is 0 Å². The Labute approximate surface area is 154 Å². The van der Waals surface area contributed by atoms with Crippen molar-refractivity contribution < 1.29 is 14.2 Å². The van der Waals surface area contributed by atoms with Crippen molar-refractivity contribution in [1.29, 1.82) is 0 Å². The standard InChI is InChI=1S/C20H25N3O3/c1-24-19-17(3-2-7-22-19)12-23-10-6-20(15-23)11-18(14-26-20)25-13-16-4-8-21-9-5-16/h2-5,7-9,18H,6,10-15H2,1H3/t18-,20+/m1/s1. The molecule has 2 aliphatic rings. The van der Waals surface area contributed by atoms with E-state index in [9.17, 15) is 0 Å². The van der Waals surface area contributed by atoms with Crippen LogP contribution < -0.4 is 4.74 Å². The minimum Gasteiger partial charge on any atom is -0.481 e. The van der Waals surface area contributed by atoms with E-state index in [1.807, 2.05) is 18.2 Å². The molecule has 0 N–H and O–H groups in total. The van der Waals surface area contributed by atoms with E-state index < -0.39 is 0 Å². The molecule has 0 aliphatic carbocycles. The molecule has 26 heavy (non-hydrogen) atoms. The van der Waals surface area contributed by atoms with E-state index in [1.165, 1.54) is 0 Å². The van der Waals surface area contributed by atoms with E-state index in [0.717, 1.165) is 43.6 Å².